The molecule has 0 aromatic heterocycles. The monoisotopic (exact) mass is 276 g/mol. The summed E-state index contributed by atoms with van der Waals surface area (Å²) in [6.45, 7) is 13.9. The third kappa shape index (κ3) is 5.27. The molecule has 0 N–H and O–H groups in total. The standard InChI is InChI=1S/C19H18.C2H6/c1-15(2)9-10-16(3)17-11-13-19(14-12-17)18-7-5-4-6-8-18;1-2/h4-14H,1,3H2,2H3;1-2H3/b10-9-;. The fourth-order valence-electron chi connectivity index (χ4n) is 1.85. The minimum absolute atomic E-state index is 1.00. The second kappa shape index (κ2) is 8.76. The lowest BCUT2D eigenvalue weighted by Gasteiger charge is -2.04. The summed E-state index contributed by atoms with van der Waals surface area (Å²) in [6, 6.07) is 18.8. The van der Waals surface area contributed by atoms with Crippen LogP contribution in [0.5, 0.6) is 0 Å². The van der Waals surface area contributed by atoms with Crippen molar-refractivity contribution in [3.63, 3.8) is 0 Å². The molecule has 21 heavy (non-hydrogen) atoms. The average Bonchev–Trinajstić information content (AvgIpc) is 2.55. The lowest BCUT2D eigenvalue weighted by atomic mass is 10.0. The van der Waals surface area contributed by atoms with Crippen molar-refractivity contribution < 1.29 is 0 Å². The van der Waals surface area contributed by atoms with E-state index in [9.17, 15) is 0 Å². The Labute approximate surface area is 129 Å². The zero-order chi connectivity index (χ0) is 15.7. The predicted molar refractivity (Wildman–Crippen MR) is 96.2 cm³/mol. The van der Waals surface area contributed by atoms with Crippen LogP contribution in [0.2, 0.25) is 0 Å². The molecule has 0 fully saturated rings. The van der Waals surface area contributed by atoms with E-state index in [1.807, 2.05) is 39.0 Å². The number of hydrogen-bond donors (Lipinski definition) is 0. The van der Waals surface area contributed by atoms with Gasteiger partial charge in [-0.3, -0.25) is 0 Å². The molecule has 0 unspecified atom stereocenters. The molecule has 0 atom stereocenters. The van der Waals surface area contributed by atoms with Gasteiger partial charge in [-0.2, -0.15) is 0 Å². The van der Waals surface area contributed by atoms with Crippen LogP contribution < -0.4 is 0 Å². The summed E-state index contributed by atoms with van der Waals surface area (Å²) in [5.41, 5.74) is 5.63. The van der Waals surface area contributed by atoms with Gasteiger partial charge in [0.1, 0.15) is 0 Å². The van der Waals surface area contributed by atoms with Gasteiger partial charge in [0.25, 0.3) is 0 Å². The van der Waals surface area contributed by atoms with Crippen LogP contribution in [-0.4, -0.2) is 0 Å². The van der Waals surface area contributed by atoms with Gasteiger partial charge >= 0.3 is 0 Å². The molecule has 0 heterocycles. The first-order valence-electron chi connectivity index (χ1n) is 7.35. The normalized spacial score (nSPS) is 9.86. The van der Waals surface area contributed by atoms with Crippen LogP contribution in [0.3, 0.4) is 0 Å². The van der Waals surface area contributed by atoms with Crippen LogP contribution in [0.15, 0.2) is 85.5 Å². The summed E-state index contributed by atoms with van der Waals surface area (Å²) in [5, 5.41) is 0. The summed E-state index contributed by atoms with van der Waals surface area (Å²) < 4.78 is 0. The summed E-state index contributed by atoms with van der Waals surface area (Å²) in [5.74, 6) is 0. The quantitative estimate of drug-likeness (QED) is 0.557. The smallest absolute Gasteiger partial charge is 0.0184 e. The first-order chi connectivity index (χ1) is 10.2. The van der Waals surface area contributed by atoms with Crippen LogP contribution in [0.25, 0.3) is 16.7 Å². The molecule has 0 nitrogen and oxygen atoms in total. The van der Waals surface area contributed by atoms with Crippen molar-refractivity contribution in [1.29, 1.82) is 0 Å². The van der Waals surface area contributed by atoms with Gasteiger partial charge in [-0.05, 0) is 29.2 Å². The Hall–Kier alpha value is -2.34. The van der Waals surface area contributed by atoms with E-state index in [1.165, 1.54) is 11.1 Å². The Balaban J connectivity index is 0.00000106. The Morgan fingerprint density at radius 3 is 1.81 bits per heavy atom. The molecule has 0 spiro atoms. The topological polar surface area (TPSA) is 0 Å². The van der Waals surface area contributed by atoms with E-state index < -0.39 is 0 Å². The van der Waals surface area contributed by atoms with E-state index in [1.54, 1.807) is 0 Å². The molecular weight excluding hydrogens is 252 g/mol. The Morgan fingerprint density at radius 2 is 1.29 bits per heavy atom. The van der Waals surface area contributed by atoms with Crippen molar-refractivity contribution >= 4 is 5.57 Å². The number of allylic oxidation sites excluding steroid dienone is 4. The second-order valence-electron chi connectivity index (χ2n) is 4.65. The van der Waals surface area contributed by atoms with Gasteiger partial charge < -0.3 is 0 Å². The fraction of sp³-hybridized carbons (Fsp3) is 0.143. The van der Waals surface area contributed by atoms with Crippen molar-refractivity contribution in [2.45, 2.75) is 20.8 Å². The van der Waals surface area contributed by atoms with Crippen molar-refractivity contribution in [3.05, 3.63) is 91.0 Å². The molecule has 2 rings (SSSR count). The molecule has 0 radical (unpaired) electrons. The maximum Gasteiger partial charge on any atom is -0.0184 e. The highest BCUT2D eigenvalue weighted by Gasteiger charge is 1.98. The highest BCUT2D eigenvalue weighted by atomic mass is 14.0. The SMILES string of the molecule is C=C(C)/C=C\C(=C)c1ccc(-c2ccccc2)cc1.CC. The lowest BCUT2D eigenvalue weighted by Crippen LogP contribution is -1.81. The van der Waals surface area contributed by atoms with Crippen LogP contribution in [0, 0.1) is 0 Å². The molecular formula is C21H24. The summed E-state index contributed by atoms with van der Waals surface area (Å²) in [6.07, 6.45) is 3.98. The number of benzene rings is 2. The predicted octanol–water partition coefficient (Wildman–Crippen LogP) is 6.53. The van der Waals surface area contributed by atoms with Crippen molar-refractivity contribution in [1.82, 2.24) is 0 Å². The first kappa shape index (κ1) is 16.7. The lowest BCUT2D eigenvalue weighted by molar-refractivity contribution is 1.50. The van der Waals surface area contributed by atoms with Gasteiger partial charge in [0.15, 0.2) is 0 Å². The van der Waals surface area contributed by atoms with Gasteiger partial charge in [-0.15, -0.1) is 0 Å². The largest absolute Gasteiger partial charge is 0.0961 e. The highest BCUT2D eigenvalue weighted by molar-refractivity contribution is 5.74. The fourth-order valence-corrected chi connectivity index (χ4v) is 1.85. The molecule has 0 bridgehead atoms. The van der Waals surface area contributed by atoms with Gasteiger partial charge in [0.2, 0.25) is 0 Å². The average molecular weight is 276 g/mol. The summed E-state index contributed by atoms with van der Waals surface area (Å²) in [7, 11) is 0. The van der Waals surface area contributed by atoms with Crippen LogP contribution in [0.1, 0.15) is 26.3 Å². The molecule has 0 aliphatic heterocycles. The van der Waals surface area contributed by atoms with Crippen LogP contribution in [0.4, 0.5) is 0 Å². The van der Waals surface area contributed by atoms with Gasteiger partial charge in [-0.1, -0.05) is 99.3 Å². The Kier molecular flexibility index (Phi) is 6.97. The van der Waals surface area contributed by atoms with Crippen LogP contribution in [-0.2, 0) is 0 Å². The van der Waals surface area contributed by atoms with Crippen molar-refractivity contribution in [2.75, 3.05) is 0 Å². The number of hydrogen-bond acceptors (Lipinski definition) is 0. The summed E-state index contributed by atoms with van der Waals surface area (Å²) >= 11 is 0. The van der Waals surface area contributed by atoms with E-state index >= 15 is 0 Å². The van der Waals surface area contributed by atoms with Crippen molar-refractivity contribution in [3.8, 4) is 11.1 Å². The maximum absolute atomic E-state index is 4.07. The molecule has 0 aliphatic carbocycles. The minimum atomic E-state index is 1.00. The second-order valence-corrected chi connectivity index (χ2v) is 4.65. The van der Waals surface area contributed by atoms with E-state index in [4.69, 9.17) is 0 Å². The van der Waals surface area contributed by atoms with Crippen LogP contribution >= 0.6 is 0 Å². The van der Waals surface area contributed by atoms with E-state index in [0.717, 1.165) is 16.7 Å². The number of rotatable bonds is 4. The zero-order valence-electron chi connectivity index (χ0n) is 13.3. The molecule has 0 saturated carbocycles. The summed E-state index contributed by atoms with van der Waals surface area (Å²) in [4.78, 5) is 0. The van der Waals surface area contributed by atoms with Gasteiger partial charge in [0, 0.05) is 0 Å². The van der Waals surface area contributed by atoms with Gasteiger partial charge in [0.05, 0.1) is 0 Å². The highest BCUT2D eigenvalue weighted by Crippen LogP contribution is 2.22. The maximum atomic E-state index is 4.07. The molecule has 0 heteroatoms. The van der Waals surface area contributed by atoms with Crippen molar-refractivity contribution in [2.24, 2.45) is 0 Å². The first-order valence-corrected chi connectivity index (χ1v) is 7.35. The van der Waals surface area contributed by atoms with E-state index in [2.05, 4.69) is 61.7 Å². The van der Waals surface area contributed by atoms with Gasteiger partial charge in [-0.25, -0.2) is 0 Å². The zero-order valence-corrected chi connectivity index (χ0v) is 13.3. The molecule has 2 aromatic rings. The third-order valence-corrected chi connectivity index (χ3v) is 2.93. The van der Waals surface area contributed by atoms with E-state index in [-0.39, 0.29) is 0 Å². The van der Waals surface area contributed by atoms with E-state index in [0.29, 0.717) is 0 Å². The molecule has 0 saturated heterocycles. The third-order valence-electron chi connectivity index (χ3n) is 2.93. The molecule has 0 amide bonds. The molecule has 108 valence electrons. The minimum Gasteiger partial charge on any atom is -0.0961 e. The molecule has 2 aromatic carbocycles. The molecule has 0 aliphatic rings. The Morgan fingerprint density at radius 1 is 0.762 bits per heavy atom. The Bertz CT molecular complexity index is 598.